The molecule has 108 valence electrons. The van der Waals surface area contributed by atoms with Gasteiger partial charge in [-0.2, -0.15) is 0 Å². The predicted molar refractivity (Wildman–Crippen MR) is 88.8 cm³/mol. The molecule has 0 radical (unpaired) electrons. The number of rotatable bonds is 2. The molecule has 0 bridgehead atoms. The third-order valence-corrected chi connectivity index (χ3v) is 4.18. The van der Waals surface area contributed by atoms with E-state index in [1.807, 2.05) is 54.6 Å². The first-order valence-electron chi connectivity index (χ1n) is 7.10. The van der Waals surface area contributed by atoms with Gasteiger partial charge < -0.3 is 5.32 Å². The van der Waals surface area contributed by atoms with Crippen LogP contribution < -0.4 is 5.32 Å². The normalized spacial score (nSPS) is 16.5. The number of hydrogen-bond donors (Lipinski definition) is 1. The molecule has 1 aliphatic rings. The van der Waals surface area contributed by atoms with E-state index < -0.39 is 0 Å². The maximum atomic E-state index is 12.7. The lowest BCUT2D eigenvalue weighted by Gasteiger charge is -2.08. The fourth-order valence-corrected chi connectivity index (χ4v) is 3.14. The van der Waals surface area contributed by atoms with Crippen LogP contribution in [0.25, 0.3) is 10.9 Å². The fraction of sp³-hybridized carbons (Fsp3) is 0.118. The Morgan fingerprint density at radius 2 is 1.82 bits per heavy atom. The Kier molecular flexibility index (Phi) is 3.01. The second-order valence-corrected chi connectivity index (χ2v) is 5.69. The van der Waals surface area contributed by atoms with Crippen molar-refractivity contribution < 1.29 is 4.79 Å². The molecule has 1 atom stereocenters. The molecule has 4 rings (SSSR count). The molecule has 1 aromatic heterocycles. The van der Waals surface area contributed by atoms with Gasteiger partial charge in [0.2, 0.25) is 4.77 Å². The van der Waals surface area contributed by atoms with Gasteiger partial charge in [0.25, 0.3) is 5.91 Å². The third-order valence-electron chi connectivity index (χ3n) is 3.90. The first-order valence-corrected chi connectivity index (χ1v) is 7.51. The largest absolute Gasteiger partial charge is 0.359 e. The van der Waals surface area contributed by atoms with Crippen LogP contribution in [0.1, 0.15) is 10.4 Å². The average Bonchev–Trinajstić information content (AvgIpc) is 2.86. The summed E-state index contributed by atoms with van der Waals surface area (Å²) in [5.41, 5.74) is 1.92. The first-order chi connectivity index (χ1) is 10.7. The Bertz CT molecular complexity index is 934. The molecule has 0 aliphatic carbocycles. The second kappa shape index (κ2) is 5.03. The molecule has 0 spiro atoms. The van der Waals surface area contributed by atoms with Crippen LogP contribution >= 0.6 is 12.2 Å². The van der Waals surface area contributed by atoms with Gasteiger partial charge in [0.1, 0.15) is 11.9 Å². The predicted octanol–water partition coefficient (Wildman–Crippen LogP) is 3.44. The number of carbonyl (C=O) groups is 1. The van der Waals surface area contributed by atoms with E-state index in [-0.39, 0.29) is 11.9 Å². The molecule has 1 aliphatic heterocycles. The van der Waals surface area contributed by atoms with Gasteiger partial charge in [-0.15, -0.1) is 0 Å². The molecule has 0 unspecified atom stereocenters. The summed E-state index contributed by atoms with van der Waals surface area (Å²) >= 11 is 5.29. The molecule has 0 saturated carbocycles. The summed E-state index contributed by atoms with van der Waals surface area (Å²) in [5.74, 6) is 0.712. The molecule has 22 heavy (non-hydrogen) atoms. The highest BCUT2D eigenvalue weighted by atomic mass is 32.1. The van der Waals surface area contributed by atoms with Crippen LogP contribution in [0, 0.1) is 4.77 Å². The van der Waals surface area contributed by atoms with Crippen molar-refractivity contribution in [2.45, 2.75) is 12.5 Å². The first kappa shape index (κ1) is 13.2. The SMILES string of the molecule is O=C1[C@@H](Cc2ccccc2)Nc2c3ccccc3nc(=S)n21. The number of hydrogen-bond acceptors (Lipinski definition) is 4. The molecular weight excluding hydrogens is 294 g/mol. The van der Waals surface area contributed by atoms with Gasteiger partial charge in [-0.05, 0) is 29.9 Å². The van der Waals surface area contributed by atoms with Crippen molar-refractivity contribution in [3.63, 3.8) is 0 Å². The number of fused-ring (bicyclic) bond motifs is 3. The number of aromatic nitrogens is 2. The van der Waals surface area contributed by atoms with E-state index in [1.165, 1.54) is 4.57 Å². The van der Waals surface area contributed by atoms with E-state index in [1.54, 1.807) is 0 Å². The van der Waals surface area contributed by atoms with Gasteiger partial charge in [0.05, 0.1) is 5.52 Å². The van der Waals surface area contributed by atoms with Crippen molar-refractivity contribution >= 4 is 34.8 Å². The highest BCUT2D eigenvalue weighted by molar-refractivity contribution is 7.71. The molecule has 2 aromatic carbocycles. The average molecular weight is 307 g/mol. The Balaban J connectivity index is 1.79. The second-order valence-electron chi connectivity index (χ2n) is 5.32. The molecule has 0 amide bonds. The zero-order valence-corrected chi connectivity index (χ0v) is 12.5. The summed E-state index contributed by atoms with van der Waals surface area (Å²) in [6, 6.07) is 17.4. The quantitative estimate of drug-likeness (QED) is 0.737. The fourth-order valence-electron chi connectivity index (χ4n) is 2.86. The Morgan fingerprint density at radius 3 is 2.64 bits per heavy atom. The lowest BCUT2D eigenvalue weighted by molar-refractivity contribution is 0.0905. The van der Waals surface area contributed by atoms with E-state index in [2.05, 4.69) is 10.3 Å². The summed E-state index contributed by atoms with van der Waals surface area (Å²) in [7, 11) is 0. The standard InChI is InChI=1S/C17H13N3OS/c21-16-14(10-11-6-2-1-3-7-11)18-15-12-8-4-5-9-13(12)19-17(22)20(15)16/h1-9,14,18H,10H2/t14-/m1/s1. The van der Waals surface area contributed by atoms with Crippen molar-refractivity contribution in [1.29, 1.82) is 0 Å². The van der Waals surface area contributed by atoms with Gasteiger partial charge >= 0.3 is 0 Å². The zero-order chi connectivity index (χ0) is 15.1. The smallest absolute Gasteiger partial charge is 0.257 e. The van der Waals surface area contributed by atoms with Crippen molar-refractivity contribution in [1.82, 2.24) is 9.55 Å². The summed E-state index contributed by atoms with van der Waals surface area (Å²) < 4.78 is 1.83. The van der Waals surface area contributed by atoms with Crippen LogP contribution in [0.4, 0.5) is 5.82 Å². The van der Waals surface area contributed by atoms with E-state index in [4.69, 9.17) is 12.2 Å². The number of nitrogens with zero attached hydrogens (tertiary/aromatic N) is 2. The summed E-state index contributed by atoms with van der Waals surface area (Å²) in [5, 5.41) is 4.24. The number of anilines is 1. The number of carbonyl (C=O) groups excluding carboxylic acids is 1. The number of para-hydroxylation sites is 1. The Labute approximate surface area is 132 Å². The molecule has 0 fully saturated rings. The summed E-state index contributed by atoms with van der Waals surface area (Å²) in [6.07, 6.45) is 0.629. The number of nitrogens with one attached hydrogen (secondary N) is 1. The lowest BCUT2D eigenvalue weighted by atomic mass is 10.1. The zero-order valence-electron chi connectivity index (χ0n) is 11.7. The van der Waals surface area contributed by atoms with E-state index in [0.717, 1.165) is 22.3 Å². The highest BCUT2D eigenvalue weighted by Gasteiger charge is 2.31. The van der Waals surface area contributed by atoms with E-state index in [9.17, 15) is 4.79 Å². The monoisotopic (exact) mass is 307 g/mol. The molecule has 5 heteroatoms. The van der Waals surface area contributed by atoms with Crippen LogP contribution in [0.5, 0.6) is 0 Å². The van der Waals surface area contributed by atoms with Gasteiger partial charge in [-0.3, -0.25) is 4.79 Å². The van der Waals surface area contributed by atoms with Crippen molar-refractivity contribution in [3.8, 4) is 0 Å². The minimum absolute atomic E-state index is 0.0397. The highest BCUT2D eigenvalue weighted by Crippen LogP contribution is 2.28. The van der Waals surface area contributed by atoms with Crippen molar-refractivity contribution in [3.05, 3.63) is 64.9 Å². The van der Waals surface area contributed by atoms with Crippen LogP contribution in [-0.4, -0.2) is 21.5 Å². The van der Waals surface area contributed by atoms with Gasteiger partial charge in [-0.1, -0.05) is 42.5 Å². The molecule has 0 saturated heterocycles. The molecule has 2 heterocycles. The Morgan fingerprint density at radius 1 is 1.09 bits per heavy atom. The van der Waals surface area contributed by atoms with Gasteiger partial charge in [-0.25, -0.2) is 9.55 Å². The van der Waals surface area contributed by atoms with Gasteiger partial charge in [0, 0.05) is 11.8 Å². The third kappa shape index (κ3) is 2.02. The lowest BCUT2D eigenvalue weighted by Crippen LogP contribution is -2.27. The summed E-state index contributed by atoms with van der Waals surface area (Å²) in [6.45, 7) is 0. The number of benzene rings is 2. The molecular formula is C17H13N3OS. The molecule has 1 N–H and O–H groups in total. The van der Waals surface area contributed by atoms with Crippen LogP contribution in [0.3, 0.4) is 0 Å². The molecule has 4 nitrogen and oxygen atoms in total. The maximum absolute atomic E-state index is 12.7. The van der Waals surface area contributed by atoms with E-state index in [0.29, 0.717) is 11.2 Å². The Hall–Kier alpha value is -2.53. The van der Waals surface area contributed by atoms with Crippen LogP contribution in [0.15, 0.2) is 54.6 Å². The van der Waals surface area contributed by atoms with Crippen LogP contribution in [0.2, 0.25) is 0 Å². The van der Waals surface area contributed by atoms with Gasteiger partial charge in [0.15, 0.2) is 0 Å². The van der Waals surface area contributed by atoms with Crippen molar-refractivity contribution in [2.24, 2.45) is 0 Å². The molecule has 3 aromatic rings. The van der Waals surface area contributed by atoms with Crippen LogP contribution in [-0.2, 0) is 6.42 Å². The minimum atomic E-state index is -0.309. The van der Waals surface area contributed by atoms with E-state index >= 15 is 0 Å². The summed E-state index contributed by atoms with van der Waals surface area (Å²) in [4.78, 5) is 17.0. The topological polar surface area (TPSA) is 46.9 Å². The van der Waals surface area contributed by atoms with Crippen molar-refractivity contribution in [2.75, 3.05) is 5.32 Å². The maximum Gasteiger partial charge on any atom is 0.257 e. The minimum Gasteiger partial charge on any atom is -0.359 e.